The summed E-state index contributed by atoms with van der Waals surface area (Å²) in [5, 5.41) is 3.33. The summed E-state index contributed by atoms with van der Waals surface area (Å²) in [6.07, 6.45) is 0.796. The molecule has 0 saturated heterocycles. The van der Waals surface area contributed by atoms with Crippen LogP contribution in [0.5, 0.6) is 0 Å². The first kappa shape index (κ1) is 12.1. The number of cyclic esters (lactones) is 1. The van der Waals surface area contributed by atoms with Gasteiger partial charge in [0.1, 0.15) is 6.04 Å². The van der Waals surface area contributed by atoms with Crippen molar-refractivity contribution in [2.45, 2.75) is 38.8 Å². The lowest BCUT2D eigenvalue weighted by molar-refractivity contribution is -0.146. The molecule has 1 N–H and O–H groups in total. The van der Waals surface area contributed by atoms with Crippen LogP contribution in [0.1, 0.15) is 37.9 Å². The van der Waals surface area contributed by atoms with Crippen molar-refractivity contribution < 1.29 is 9.53 Å². The number of carbonyl (C=O) groups excluding carboxylic acids is 1. The highest BCUT2D eigenvalue weighted by Crippen LogP contribution is 2.25. The zero-order valence-electron chi connectivity index (χ0n) is 10.6. The fourth-order valence-electron chi connectivity index (χ4n) is 2.09. The first-order valence-electron chi connectivity index (χ1n) is 5.99. The third-order valence-electron chi connectivity index (χ3n) is 2.79. The van der Waals surface area contributed by atoms with Crippen LogP contribution in [-0.4, -0.2) is 18.1 Å². The molecule has 0 aromatic heterocycles. The number of esters is 1. The summed E-state index contributed by atoms with van der Waals surface area (Å²) < 4.78 is 5.24. The van der Waals surface area contributed by atoms with Gasteiger partial charge in [-0.3, -0.25) is 5.32 Å². The molecule has 0 amide bonds. The predicted molar refractivity (Wildman–Crippen MR) is 66.7 cm³/mol. The molecule has 1 unspecified atom stereocenters. The van der Waals surface area contributed by atoms with Crippen molar-refractivity contribution in [1.29, 1.82) is 0 Å². The van der Waals surface area contributed by atoms with Crippen LogP contribution in [0.15, 0.2) is 24.3 Å². The molecule has 0 saturated carbocycles. The molecule has 1 aromatic carbocycles. The van der Waals surface area contributed by atoms with Crippen molar-refractivity contribution in [1.82, 2.24) is 5.32 Å². The zero-order chi connectivity index (χ0) is 12.5. The van der Waals surface area contributed by atoms with Crippen molar-refractivity contribution in [3.05, 3.63) is 35.4 Å². The maximum atomic E-state index is 12.0. The van der Waals surface area contributed by atoms with Gasteiger partial charge in [0, 0.05) is 12.0 Å². The van der Waals surface area contributed by atoms with E-state index in [1.807, 2.05) is 39.0 Å². The Morgan fingerprint density at radius 2 is 2.00 bits per heavy atom. The van der Waals surface area contributed by atoms with E-state index in [9.17, 15) is 4.79 Å². The standard InChI is InChI=1S/C14H19NO2/c1-14(2,3)15-12-11-7-5-4-6-10(11)8-9-17-13(12)16/h4-7,12,15H,8-9H2,1-3H3. The van der Waals surface area contributed by atoms with Gasteiger partial charge in [-0.2, -0.15) is 0 Å². The van der Waals surface area contributed by atoms with E-state index in [2.05, 4.69) is 11.4 Å². The summed E-state index contributed by atoms with van der Waals surface area (Å²) in [7, 11) is 0. The zero-order valence-corrected chi connectivity index (χ0v) is 10.6. The molecule has 0 spiro atoms. The minimum absolute atomic E-state index is 0.124. The van der Waals surface area contributed by atoms with Gasteiger partial charge in [0.15, 0.2) is 0 Å². The fraction of sp³-hybridized carbons (Fsp3) is 0.500. The third-order valence-corrected chi connectivity index (χ3v) is 2.79. The van der Waals surface area contributed by atoms with Gasteiger partial charge < -0.3 is 4.74 Å². The Balaban J connectivity index is 2.37. The van der Waals surface area contributed by atoms with Crippen molar-refractivity contribution in [3.63, 3.8) is 0 Å². The summed E-state index contributed by atoms with van der Waals surface area (Å²) >= 11 is 0. The van der Waals surface area contributed by atoms with Crippen LogP contribution in [-0.2, 0) is 16.0 Å². The number of benzene rings is 1. The van der Waals surface area contributed by atoms with Crippen LogP contribution in [0.3, 0.4) is 0 Å². The highest BCUT2D eigenvalue weighted by atomic mass is 16.5. The van der Waals surface area contributed by atoms with Crippen LogP contribution in [0.25, 0.3) is 0 Å². The number of fused-ring (bicyclic) bond motifs is 1. The molecule has 17 heavy (non-hydrogen) atoms. The molecular formula is C14H19NO2. The van der Waals surface area contributed by atoms with Gasteiger partial charge in [0.05, 0.1) is 6.61 Å². The minimum atomic E-state index is -0.353. The molecule has 0 fully saturated rings. The van der Waals surface area contributed by atoms with Gasteiger partial charge in [-0.05, 0) is 31.9 Å². The lowest BCUT2D eigenvalue weighted by Crippen LogP contribution is -2.42. The van der Waals surface area contributed by atoms with E-state index in [1.165, 1.54) is 5.56 Å². The largest absolute Gasteiger partial charge is 0.464 e. The molecule has 1 aromatic rings. The molecule has 3 heteroatoms. The Bertz CT molecular complexity index is 420. The van der Waals surface area contributed by atoms with Crippen molar-refractivity contribution in [2.24, 2.45) is 0 Å². The van der Waals surface area contributed by atoms with Crippen LogP contribution >= 0.6 is 0 Å². The summed E-state index contributed by atoms with van der Waals surface area (Å²) in [6, 6.07) is 7.69. The Hall–Kier alpha value is -1.35. The summed E-state index contributed by atoms with van der Waals surface area (Å²) in [5.74, 6) is -0.176. The predicted octanol–water partition coefficient (Wildman–Crippen LogP) is 2.22. The number of rotatable bonds is 1. The van der Waals surface area contributed by atoms with Gasteiger partial charge in [0.2, 0.25) is 0 Å². The second kappa shape index (κ2) is 4.49. The highest BCUT2D eigenvalue weighted by Gasteiger charge is 2.30. The fourth-order valence-corrected chi connectivity index (χ4v) is 2.09. The van der Waals surface area contributed by atoms with E-state index in [-0.39, 0.29) is 17.6 Å². The van der Waals surface area contributed by atoms with Gasteiger partial charge in [0.25, 0.3) is 0 Å². The third kappa shape index (κ3) is 2.86. The van der Waals surface area contributed by atoms with Crippen LogP contribution in [0.2, 0.25) is 0 Å². The van der Waals surface area contributed by atoms with Gasteiger partial charge in [-0.1, -0.05) is 24.3 Å². The number of carbonyl (C=O) groups is 1. The topological polar surface area (TPSA) is 38.3 Å². The Kier molecular flexibility index (Phi) is 3.20. The normalized spacial score (nSPS) is 20.4. The monoisotopic (exact) mass is 233 g/mol. The molecule has 1 aliphatic rings. The number of nitrogens with one attached hydrogen (secondary N) is 1. The van der Waals surface area contributed by atoms with Gasteiger partial charge in [-0.25, -0.2) is 4.79 Å². The van der Waals surface area contributed by atoms with E-state index in [1.54, 1.807) is 0 Å². The summed E-state index contributed by atoms with van der Waals surface area (Å²) in [4.78, 5) is 12.0. The van der Waals surface area contributed by atoms with Crippen molar-refractivity contribution in [3.8, 4) is 0 Å². The summed E-state index contributed by atoms with van der Waals surface area (Å²) in [5.41, 5.74) is 2.12. The maximum absolute atomic E-state index is 12.0. The highest BCUT2D eigenvalue weighted by molar-refractivity contribution is 5.79. The molecule has 1 atom stereocenters. The second-order valence-electron chi connectivity index (χ2n) is 5.44. The van der Waals surface area contributed by atoms with Crippen LogP contribution in [0, 0.1) is 0 Å². The molecular weight excluding hydrogens is 214 g/mol. The first-order chi connectivity index (χ1) is 7.97. The van der Waals surface area contributed by atoms with Gasteiger partial charge in [-0.15, -0.1) is 0 Å². The Morgan fingerprint density at radius 3 is 2.71 bits per heavy atom. The molecule has 0 aliphatic carbocycles. The summed E-state index contributed by atoms with van der Waals surface area (Å²) in [6.45, 7) is 6.62. The smallest absolute Gasteiger partial charge is 0.327 e. The second-order valence-corrected chi connectivity index (χ2v) is 5.44. The average molecular weight is 233 g/mol. The van der Waals surface area contributed by atoms with Gasteiger partial charge >= 0.3 is 5.97 Å². The average Bonchev–Trinajstić information content (AvgIpc) is 2.38. The molecule has 2 rings (SSSR count). The van der Waals surface area contributed by atoms with E-state index >= 15 is 0 Å². The number of hydrogen-bond donors (Lipinski definition) is 1. The Morgan fingerprint density at radius 1 is 1.29 bits per heavy atom. The molecule has 0 bridgehead atoms. The molecule has 92 valence electrons. The minimum Gasteiger partial charge on any atom is -0.464 e. The van der Waals surface area contributed by atoms with Crippen molar-refractivity contribution >= 4 is 5.97 Å². The van der Waals surface area contributed by atoms with Crippen LogP contribution in [0.4, 0.5) is 0 Å². The lowest BCUT2D eigenvalue weighted by Gasteiger charge is -2.27. The van der Waals surface area contributed by atoms with Crippen molar-refractivity contribution in [2.75, 3.05) is 6.61 Å². The first-order valence-corrected chi connectivity index (χ1v) is 5.99. The molecule has 0 radical (unpaired) electrons. The molecule has 1 heterocycles. The SMILES string of the molecule is CC(C)(C)NC1C(=O)OCCc2ccccc21. The number of ether oxygens (including phenoxy) is 1. The lowest BCUT2D eigenvalue weighted by atomic mass is 9.97. The Labute approximate surface area is 102 Å². The van der Waals surface area contributed by atoms with E-state index in [0.717, 1.165) is 12.0 Å². The van der Waals surface area contributed by atoms with E-state index < -0.39 is 0 Å². The molecule has 3 nitrogen and oxygen atoms in total. The quantitative estimate of drug-likeness (QED) is 0.756. The van der Waals surface area contributed by atoms with Crippen LogP contribution < -0.4 is 5.32 Å². The molecule has 1 aliphatic heterocycles. The van der Waals surface area contributed by atoms with E-state index in [4.69, 9.17) is 4.74 Å². The number of hydrogen-bond acceptors (Lipinski definition) is 3. The maximum Gasteiger partial charge on any atom is 0.327 e. The van der Waals surface area contributed by atoms with E-state index in [0.29, 0.717) is 6.61 Å².